The second-order valence-electron chi connectivity index (χ2n) is 5.23. The van der Waals surface area contributed by atoms with E-state index in [1.165, 1.54) is 16.7 Å². The van der Waals surface area contributed by atoms with Crippen LogP contribution in [0.3, 0.4) is 0 Å². The maximum Gasteiger partial charge on any atom is 0.309 e. The Balaban J connectivity index is 3.07. The predicted molar refractivity (Wildman–Crippen MR) is 65.8 cm³/mol. The lowest BCUT2D eigenvalue weighted by Crippen LogP contribution is -2.26. The molecule has 1 aromatic rings. The van der Waals surface area contributed by atoms with E-state index >= 15 is 0 Å². The lowest BCUT2D eigenvalue weighted by atomic mass is 9.83. The summed E-state index contributed by atoms with van der Waals surface area (Å²) >= 11 is 0. The molecule has 0 aliphatic carbocycles. The summed E-state index contributed by atoms with van der Waals surface area (Å²) < 4.78 is 0. The zero-order valence-corrected chi connectivity index (χ0v) is 10.7. The Morgan fingerprint density at radius 3 is 2.12 bits per heavy atom. The highest BCUT2D eigenvalue weighted by Gasteiger charge is 2.27. The van der Waals surface area contributed by atoms with Gasteiger partial charge in [-0.1, -0.05) is 12.1 Å². The summed E-state index contributed by atoms with van der Waals surface area (Å²) in [6.45, 7) is 9.72. The molecule has 0 unspecified atom stereocenters. The average molecular weight is 220 g/mol. The van der Waals surface area contributed by atoms with Gasteiger partial charge in [0.25, 0.3) is 0 Å². The number of carboxylic acids is 1. The van der Waals surface area contributed by atoms with Gasteiger partial charge in [-0.15, -0.1) is 0 Å². The van der Waals surface area contributed by atoms with E-state index in [2.05, 4.69) is 26.0 Å². The highest BCUT2D eigenvalue weighted by atomic mass is 16.4. The lowest BCUT2D eigenvalue weighted by Gasteiger charge is -2.21. The Morgan fingerprint density at radius 2 is 1.62 bits per heavy atom. The molecule has 0 spiro atoms. The number of carboxylic acid groups (broad SMARTS) is 1. The second kappa shape index (κ2) is 4.28. The van der Waals surface area contributed by atoms with Gasteiger partial charge in [-0.2, -0.15) is 0 Å². The summed E-state index contributed by atoms with van der Waals surface area (Å²) in [4.78, 5) is 11.1. The molecule has 2 heteroatoms. The van der Waals surface area contributed by atoms with Crippen molar-refractivity contribution in [2.24, 2.45) is 5.41 Å². The maximum atomic E-state index is 11.1. The van der Waals surface area contributed by atoms with Crippen molar-refractivity contribution in [3.05, 3.63) is 34.4 Å². The number of hydrogen-bond acceptors (Lipinski definition) is 1. The number of aryl methyl sites for hydroxylation is 3. The zero-order chi connectivity index (χ0) is 12.5. The van der Waals surface area contributed by atoms with Gasteiger partial charge in [-0.3, -0.25) is 4.79 Å². The zero-order valence-electron chi connectivity index (χ0n) is 10.7. The summed E-state index contributed by atoms with van der Waals surface area (Å²) in [6.07, 6.45) is 0.579. The third-order valence-corrected chi connectivity index (χ3v) is 3.16. The smallest absolute Gasteiger partial charge is 0.309 e. The van der Waals surface area contributed by atoms with Crippen LogP contribution in [-0.2, 0) is 11.2 Å². The minimum absolute atomic E-state index is 0.579. The van der Waals surface area contributed by atoms with Crippen molar-refractivity contribution in [3.8, 4) is 0 Å². The SMILES string of the molecule is Cc1cc(C)c(CC(C)(C)C(=O)O)cc1C. The largest absolute Gasteiger partial charge is 0.481 e. The van der Waals surface area contributed by atoms with Crippen LogP contribution in [0.5, 0.6) is 0 Å². The van der Waals surface area contributed by atoms with E-state index in [4.69, 9.17) is 5.11 Å². The van der Waals surface area contributed by atoms with Crippen LogP contribution in [0.4, 0.5) is 0 Å². The van der Waals surface area contributed by atoms with Crippen LogP contribution in [0.2, 0.25) is 0 Å². The Hall–Kier alpha value is -1.31. The number of benzene rings is 1. The molecular weight excluding hydrogens is 200 g/mol. The van der Waals surface area contributed by atoms with E-state index < -0.39 is 11.4 Å². The molecule has 0 heterocycles. The van der Waals surface area contributed by atoms with Crippen LogP contribution in [0, 0.1) is 26.2 Å². The van der Waals surface area contributed by atoms with Crippen molar-refractivity contribution in [2.75, 3.05) is 0 Å². The molecule has 0 atom stereocenters. The Morgan fingerprint density at radius 1 is 1.12 bits per heavy atom. The van der Waals surface area contributed by atoms with E-state index in [-0.39, 0.29) is 0 Å². The maximum absolute atomic E-state index is 11.1. The summed E-state index contributed by atoms with van der Waals surface area (Å²) in [5, 5.41) is 9.12. The monoisotopic (exact) mass is 220 g/mol. The molecule has 1 rings (SSSR count). The topological polar surface area (TPSA) is 37.3 Å². The molecule has 0 saturated heterocycles. The molecule has 0 aliphatic rings. The number of rotatable bonds is 3. The molecule has 0 amide bonds. The fourth-order valence-electron chi connectivity index (χ4n) is 1.76. The van der Waals surface area contributed by atoms with Crippen molar-refractivity contribution in [3.63, 3.8) is 0 Å². The molecular formula is C14H20O2. The van der Waals surface area contributed by atoms with E-state index in [0.717, 1.165) is 5.56 Å². The molecule has 16 heavy (non-hydrogen) atoms. The fourth-order valence-corrected chi connectivity index (χ4v) is 1.76. The van der Waals surface area contributed by atoms with Crippen molar-refractivity contribution < 1.29 is 9.90 Å². The highest BCUT2D eigenvalue weighted by molar-refractivity contribution is 5.74. The summed E-state index contributed by atoms with van der Waals surface area (Å²) in [6, 6.07) is 4.23. The minimum atomic E-state index is -0.745. The van der Waals surface area contributed by atoms with E-state index in [1.807, 2.05) is 6.92 Å². The quantitative estimate of drug-likeness (QED) is 0.848. The molecule has 1 aromatic carbocycles. The van der Waals surface area contributed by atoms with Gasteiger partial charge in [0.2, 0.25) is 0 Å². The molecule has 0 saturated carbocycles. The van der Waals surface area contributed by atoms with Crippen molar-refractivity contribution in [2.45, 2.75) is 41.0 Å². The Labute approximate surface area is 97.3 Å². The molecule has 1 N–H and O–H groups in total. The highest BCUT2D eigenvalue weighted by Crippen LogP contribution is 2.25. The molecule has 0 fully saturated rings. The van der Waals surface area contributed by atoms with E-state index in [0.29, 0.717) is 6.42 Å². The summed E-state index contributed by atoms with van der Waals surface area (Å²) in [5.41, 5.74) is 4.09. The number of aliphatic carboxylic acids is 1. The van der Waals surface area contributed by atoms with Gasteiger partial charge in [-0.05, 0) is 63.3 Å². The standard InChI is InChI=1S/C14H20O2/c1-9-6-11(3)12(7-10(9)2)8-14(4,5)13(15)16/h6-7H,8H2,1-5H3,(H,15,16). The van der Waals surface area contributed by atoms with Crippen LogP contribution in [0.1, 0.15) is 36.1 Å². The molecule has 0 aromatic heterocycles. The van der Waals surface area contributed by atoms with Crippen LogP contribution in [0.15, 0.2) is 12.1 Å². The van der Waals surface area contributed by atoms with Crippen LogP contribution >= 0.6 is 0 Å². The average Bonchev–Trinajstić information content (AvgIpc) is 2.13. The first-order valence-corrected chi connectivity index (χ1v) is 5.54. The van der Waals surface area contributed by atoms with Gasteiger partial charge in [0.05, 0.1) is 5.41 Å². The van der Waals surface area contributed by atoms with Gasteiger partial charge in [0.1, 0.15) is 0 Å². The van der Waals surface area contributed by atoms with E-state index in [1.54, 1.807) is 13.8 Å². The second-order valence-corrected chi connectivity index (χ2v) is 5.23. The van der Waals surface area contributed by atoms with Crippen molar-refractivity contribution in [1.82, 2.24) is 0 Å². The van der Waals surface area contributed by atoms with Crippen LogP contribution < -0.4 is 0 Å². The van der Waals surface area contributed by atoms with E-state index in [9.17, 15) is 4.79 Å². The van der Waals surface area contributed by atoms with Crippen molar-refractivity contribution in [1.29, 1.82) is 0 Å². The Kier molecular flexibility index (Phi) is 3.41. The first kappa shape index (κ1) is 12.8. The fraction of sp³-hybridized carbons (Fsp3) is 0.500. The van der Waals surface area contributed by atoms with Crippen LogP contribution in [0.25, 0.3) is 0 Å². The Bertz CT molecular complexity index is 417. The molecule has 88 valence electrons. The van der Waals surface area contributed by atoms with Crippen molar-refractivity contribution >= 4 is 5.97 Å². The predicted octanol–water partition coefficient (Wildman–Crippen LogP) is 3.27. The molecule has 0 radical (unpaired) electrons. The first-order chi connectivity index (χ1) is 7.24. The van der Waals surface area contributed by atoms with Gasteiger partial charge in [0, 0.05) is 0 Å². The molecule has 0 bridgehead atoms. The normalized spacial score (nSPS) is 11.6. The summed E-state index contributed by atoms with van der Waals surface area (Å²) in [7, 11) is 0. The third-order valence-electron chi connectivity index (χ3n) is 3.16. The number of carbonyl (C=O) groups is 1. The van der Waals surface area contributed by atoms with Gasteiger partial charge in [-0.25, -0.2) is 0 Å². The third kappa shape index (κ3) is 2.63. The lowest BCUT2D eigenvalue weighted by molar-refractivity contribution is -0.146. The van der Waals surface area contributed by atoms with Gasteiger partial charge >= 0.3 is 5.97 Å². The van der Waals surface area contributed by atoms with Gasteiger partial charge in [0.15, 0.2) is 0 Å². The summed E-state index contributed by atoms with van der Waals surface area (Å²) in [5.74, 6) is -0.745. The first-order valence-electron chi connectivity index (χ1n) is 5.54. The number of hydrogen-bond donors (Lipinski definition) is 1. The molecule has 2 nitrogen and oxygen atoms in total. The molecule has 0 aliphatic heterocycles. The van der Waals surface area contributed by atoms with Gasteiger partial charge < -0.3 is 5.11 Å². The van der Waals surface area contributed by atoms with Crippen LogP contribution in [-0.4, -0.2) is 11.1 Å². The minimum Gasteiger partial charge on any atom is -0.481 e.